The number of nitrogens with one attached hydrogen (secondary N) is 2. The second kappa shape index (κ2) is 11.6. The van der Waals surface area contributed by atoms with E-state index < -0.39 is 39.8 Å². The van der Waals surface area contributed by atoms with E-state index in [1.807, 2.05) is 6.92 Å². The number of ether oxygens (including phenoxy) is 2. The minimum Gasteiger partial charge on any atom is -0.494 e. The van der Waals surface area contributed by atoms with E-state index in [9.17, 15) is 22.8 Å². The number of esters is 1. The Morgan fingerprint density at radius 3 is 1.97 bits per heavy atom. The van der Waals surface area contributed by atoms with Gasteiger partial charge in [0.1, 0.15) is 11.8 Å². The Balaban J connectivity index is 2.03. The van der Waals surface area contributed by atoms with Gasteiger partial charge in [0.05, 0.1) is 12.9 Å². The molecule has 9 nitrogen and oxygen atoms in total. The van der Waals surface area contributed by atoms with Gasteiger partial charge in [-0.2, -0.15) is 0 Å². The van der Waals surface area contributed by atoms with E-state index in [1.54, 1.807) is 38.1 Å². The Hall–Kier alpha value is -3.40. The summed E-state index contributed by atoms with van der Waals surface area (Å²) >= 11 is 0. The molecule has 10 heteroatoms. The molecule has 34 heavy (non-hydrogen) atoms. The van der Waals surface area contributed by atoms with Crippen molar-refractivity contribution < 1.29 is 32.3 Å². The van der Waals surface area contributed by atoms with Crippen LogP contribution in [0.25, 0.3) is 0 Å². The van der Waals surface area contributed by atoms with Crippen LogP contribution in [0.5, 0.6) is 5.75 Å². The van der Waals surface area contributed by atoms with Crippen molar-refractivity contribution in [2.24, 2.45) is 5.92 Å². The molecule has 0 fully saturated rings. The maximum Gasteiger partial charge on any atom is 0.329 e. The minimum atomic E-state index is -3.44. The molecule has 0 bridgehead atoms. The third-order valence-electron chi connectivity index (χ3n) is 4.77. The number of anilines is 1. The fraction of sp³-hybridized carbons (Fsp3) is 0.375. The smallest absolute Gasteiger partial charge is 0.329 e. The van der Waals surface area contributed by atoms with Gasteiger partial charge >= 0.3 is 5.97 Å². The lowest BCUT2D eigenvalue weighted by Crippen LogP contribution is -2.46. The van der Waals surface area contributed by atoms with Crippen LogP contribution >= 0.6 is 0 Å². The fourth-order valence-corrected chi connectivity index (χ4v) is 3.61. The summed E-state index contributed by atoms with van der Waals surface area (Å²) in [6.45, 7) is 7.31. The number of amides is 1. The number of carbonyl (C=O) groups excluding carboxylic acids is 3. The molecule has 0 heterocycles. The monoisotopic (exact) mass is 490 g/mol. The van der Waals surface area contributed by atoms with Crippen LogP contribution in [0.2, 0.25) is 0 Å². The van der Waals surface area contributed by atoms with Crippen molar-refractivity contribution in [2.75, 3.05) is 17.6 Å². The number of hydrogen-bond donors (Lipinski definition) is 2. The SMILES string of the molecule is CCOc1ccc(C(=O)NC(C(=O)OC(C)C(=O)c2ccc(NS(C)(=O)=O)cc2)C(C)C)cc1. The van der Waals surface area contributed by atoms with Crippen molar-refractivity contribution in [1.82, 2.24) is 5.32 Å². The van der Waals surface area contributed by atoms with Gasteiger partial charge in [0.25, 0.3) is 5.91 Å². The topological polar surface area (TPSA) is 128 Å². The van der Waals surface area contributed by atoms with Crippen molar-refractivity contribution in [1.29, 1.82) is 0 Å². The van der Waals surface area contributed by atoms with E-state index >= 15 is 0 Å². The molecular weight excluding hydrogens is 460 g/mol. The fourth-order valence-electron chi connectivity index (χ4n) is 3.04. The first-order valence-corrected chi connectivity index (χ1v) is 12.7. The van der Waals surface area contributed by atoms with Gasteiger partial charge in [-0.1, -0.05) is 13.8 Å². The van der Waals surface area contributed by atoms with E-state index in [1.165, 1.54) is 31.2 Å². The molecule has 0 aliphatic rings. The van der Waals surface area contributed by atoms with Crippen LogP contribution in [0.4, 0.5) is 5.69 Å². The predicted octanol–water partition coefficient (Wildman–Crippen LogP) is 3.03. The summed E-state index contributed by atoms with van der Waals surface area (Å²) in [5.74, 6) is -1.30. The third kappa shape index (κ3) is 7.87. The first-order chi connectivity index (χ1) is 15.9. The molecule has 1 amide bonds. The van der Waals surface area contributed by atoms with Gasteiger partial charge in [0.15, 0.2) is 6.10 Å². The third-order valence-corrected chi connectivity index (χ3v) is 5.38. The first kappa shape index (κ1) is 26.8. The zero-order valence-electron chi connectivity index (χ0n) is 19.8. The van der Waals surface area contributed by atoms with Gasteiger partial charge in [0, 0.05) is 16.8 Å². The summed E-state index contributed by atoms with van der Waals surface area (Å²) in [5.41, 5.74) is 0.910. The van der Waals surface area contributed by atoms with Gasteiger partial charge in [-0.05, 0) is 68.3 Å². The second-order valence-corrected chi connectivity index (χ2v) is 9.80. The number of rotatable bonds is 11. The van der Waals surface area contributed by atoms with Crippen LogP contribution in [0, 0.1) is 5.92 Å². The largest absolute Gasteiger partial charge is 0.494 e. The second-order valence-electron chi connectivity index (χ2n) is 8.05. The van der Waals surface area contributed by atoms with Gasteiger partial charge < -0.3 is 14.8 Å². The zero-order chi connectivity index (χ0) is 25.5. The molecule has 2 rings (SSSR count). The maximum absolute atomic E-state index is 12.8. The number of benzene rings is 2. The molecule has 0 radical (unpaired) electrons. The molecule has 2 aromatic carbocycles. The van der Waals surface area contributed by atoms with E-state index in [-0.39, 0.29) is 11.5 Å². The molecule has 2 aromatic rings. The maximum atomic E-state index is 12.8. The molecular formula is C24H30N2O7S. The lowest BCUT2D eigenvalue weighted by molar-refractivity contribution is -0.149. The van der Waals surface area contributed by atoms with Crippen LogP contribution in [0.3, 0.4) is 0 Å². The van der Waals surface area contributed by atoms with Gasteiger partial charge in [-0.25, -0.2) is 13.2 Å². The Kier molecular flexibility index (Phi) is 9.19. The Morgan fingerprint density at radius 1 is 0.912 bits per heavy atom. The van der Waals surface area contributed by atoms with Crippen LogP contribution in [-0.2, 0) is 19.6 Å². The molecule has 0 saturated carbocycles. The molecule has 2 N–H and O–H groups in total. The summed E-state index contributed by atoms with van der Waals surface area (Å²) < 4.78 is 35.6. The lowest BCUT2D eigenvalue weighted by Gasteiger charge is -2.23. The zero-order valence-corrected chi connectivity index (χ0v) is 20.6. The molecule has 0 aliphatic carbocycles. The van der Waals surface area contributed by atoms with Crippen LogP contribution in [-0.4, -0.2) is 51.1 Å². The Bertz CT molecular complexity index is 1110. The summed E-state index contributed by atoms with van der Waals surface area (Å²) in [6.07, 6.45) is -0.0854. The first-order valence-electron chi connectivity index (χ1n) is 10.8. The molecule has 2 atom stereocenters. The highest BCUT2D eigenvalue weighted by molar-refractivity contribution is 7.92. The number of Topliss-reactive ketones (excluding diaryl/α,β-unsaturated/α-hetero) is 1. The normalized spacial score (nSPS) is 13.0. The lowest BCUT2D eigenvalue weighted by atomic mass is 10.0. The van der Waals surface area contributed by atoms with E-state index in [2.05, 4.69) is 10.0 Å². The van der Waals surface area contributed by atoms with Crippen LogP contribution < -0.4 is 14.8 Å². The standard InChI is InChI=1S/C24H30N2O7S/c1-6-32-20-13-9-18(10-14-20)23(28)25-21(15(2)3)24(29)33-16(4)22(27)17-7-11-19(12-8-17)26-34(5,30)31/h7-16,21,26H,6H2,1-5H3,(H,25,28). The van der Waals surface area contributed by atoms with Crippen molar-refractivity contribution in [3.8, 4) is 5.75 Å². The number of hydrogen-bond acceptors (Lipinski definition) is 7. The van der Waals surface area contributed by atoms with Crippen molar-refractivity contribution in [2.45, 2.75) is 39.8 Å². The van der Waals surface area contributed by atoms with Crippen LogP contribution in [0.1, 0.15) is 48.4 Å². The molecule has 0 aliphatic heterocycles. The van der Waals surface area contributed by atoms with E-state index in [4.69, 9.17) is 9.47 Å². The molecule has 2 unspecified atom stereocenters. The average molecular weight is 491 g/mol. The summed E-state index contributed by atoms with van der Waals surface area (Å²) in [5, 5.41) is 2.67. The van der Waals surface area contributed by atoms with Crippen molar-refractivity contribution in [3.05, 3.63) is 59.7 Å². The average Bonchev–Trinajstić information content (AvgIpc) is 2.76. The highest BCUT2D eigenvalue weighted by atomic mass is 32.2. The summed E-state index contributed by atoms with van der Waals surface area (Å²) in [4.78, 5) is 38.1. The van der Waals surface area contributed by atoms with Gasteiger partial charge in [0.2, 0.25) is 15.8 Å². The number of carbonyl (C=O) groups is 3. The predicted molar refractivity (Wildman–Crippen MR) is 128 cm³/mol. The molecule has 0 aromatic heterocycles. The quantitative estimate of drug-likeness (QED) is 0.366. The van der Waals surface area contributed by atoms with Crippen LogP contribution in [0.15, 0.2) is 48.5 Å². The molecule has 184 valence electrons. The molecule has 0 spiro atoms. The van der Waals surface area contributed by atoms with Crippen molar-refractivity contribution >= 4 is 33.4 Å². The van der Waals surface area contributed by atoms with Gasteiger partial charge in [-0.15, -0.1) is 0 Å². The Labute approximate surface area is 199 Å². The van der Waals surface area contributed by atoms with Gasteiger partial charge in [-0.3, -0.25) is 14.3 Å². The highest BCUT2D eigenvalue weighted by Gasteiger charge is 2.29. The minimum absolute atomic E-state index is 0.249. The highest BCUT2D eigenvalue weighted by Crippen LogP contribution is 2.16. The van der Waals surface area contributed by atoms with Crippen molar-refractivity contribution in [3.63, 3.8) is 0 Å². The summed E-state index contributed by atoms with van der Waals surface area (Å²) in [6, 6.07) is 11.3. The number of sulfonamides is 1. The summed E-state index contributed by atoms with van der Waals surface area (Å²) in [7, 11) is -3.44. The Morgan fingerprint density at radius 2 is 1.47 bits per heavy atom. The van der Waals surface area contributed by atoms with E-state index in [0.29, 0.717) is 23.6 Å². The van der Waals surface area contributed by atoms with E-state index in [0.717, 1.165) is 6.26 Å². The molecule has 0 saturated heterocycles. The number of ketones is 1.